The molecule has 2 N–H and O–H groups in total. The van der Waals surface area contributed by atoms with Crippen LogP contribution in [0.1, 0.15) is 46.5 Å². The molecule has 0 aromatic rings. The molecule has 5 nitrogen and oxygen atoms in total. The molecule has 20 heavy (non-hydrogen) atoms. The molecule has 1 aliphatic heterocycles. The zero-order valence-electron chi connectivity index (χ0n) is 12.9. The summed E-state index contributed by atoms with van der Waals surface area (Å²) in [6.45, 7) is 7.50. The molecule has 0 aromatic heterocycles. The Bertz CT molecular complexity index is 329. The van der Waals surface area contributed by atoms with Gasteiger partial charge in [0.05, 0.1) is 13.0 Å². The van der Waals surface area contributed by atoms with Gasteiger partial charge in [0.2, 0.25) is 5.91 Å². The first-order chi connectivity index (χ1) is 9.51. The number of amides is 1. The Morgan fingerprint density at radius 2 is 1.90 bits per heavy atom. The third-order valence-electron chi connectivity index (χ3n) is 3.98. The highest BCUT2D eigenvalue weighted by Gasteiger charge is 2.31. The van der Waals surface area contributed by atoms with Gasteiger partial charge < -0.3 is 15.4 Å². The highest BCUT2D eigenvalue weighted by molar-refractivity contribution is 5.79. The van der Waals surface area contributed by atoms with E-state index < -0.39 is 0 Å². The number of ether oxygens (including phenoxy) is 1. The molecule has 1 aliphatic rings. The van der Waals surface area contributed by atoms with Crippen LogP contribution in [-0.2, 0) is 14.3 Å². The van der Waals surface area contributed by atoms with E-state index >= 15 is 0 Å². The molecule has 1 fully saturated rings. The first-order valence-corrected chi connectivity index (χ1v) is 7.71. The molecule has 1 heterocycles. The van der Waals surface area contributed by atoms with E-state index in [4.69, 9.17) is 10.5 Å². The van der Waals surface area contributed by atoms with Crippen molar-refractivity contribution in [1.82, 2.24) is 4.90 Å². The summed E-state index contributed by atoms with van der Waals surface area (Å²) in [5.74, 6) is 0.181. The van der Waals surface area contributed by atoms with Gasteiger partial charge in [0.25, 0.3) is 0 Å². The molecule has 1 rings (SSSR count). The maximum atomic E-state index is 12.4. The predicted molar refractivity (Wildman–Crippen MR) is 78.0 cm³/mol. The van der Waals surface area contributed by atoms with Gasteiger partial charge in [0, 0.05) is 25.0 Å². The molecule has 0 spiro atoms. The number of nitrogens with zero attached hydrogens (tertiary/aromatic N) is 1. The number of hydrogen-bond acceptors (Lipinski definition) is 4. The Kier molecular flexibility index (Phi) is 6.99. The van der Waals surface area contributed by atoms with E-state index in [1.165, 1.54) is 0 Å². The van der Waals surface area contributed by atoms with Crippen molar-refractivity contribution in [2.75, 3.05) is 19.7 Å². The van der Waals surface area contributed by atoms with Gasteiger partial charge in [-0.3, -0.25) is 9.59 Å². The van der Waals surface area contributed by atoms with Gasteiger partial charge in [0.1, 0.15) is 0 Å². The number of carbonyl (C=O) groups is 2. The van der Waals surface area contributed by atoms with Crippen LogP contribution in [0.4, 0.5) is 0 Å². The summed E-state index contributed by atoms with van der Waals surface area (Å²) < 4.78 is 4.98. The van der Waals surface area contributed by atoms with E-state index in [1.54, 1.807) is 6.92 Å². The average Bonchev–Trinajstić information content (AvgIpc) is 2.39. The molecule has 0 radical (unpaired) electrons. The van der Waals surface area contributed by atoms with Crippen LogP contribution in [-0.4, -0.2) is 42.5 Å². The number of rotatable bonds is 6. The minimum atomic E-state index is -0.193. The van der Waals surface area contributed by atoms with E-state index in [-0.39, 0.29) is 29.8 Å². The molecule has 116 valence electrons. The largest absolute Gasteiger partial charge is 0.466 e. The second kappa shape index (κ2) is 8.25. The minimum Gasteiger partial charge on any atom is -0.466 e. The number of nitrogens with two attached hydrogens (primary N) is 1. The van der Waals surface area contributed by atoms with Crippen LogP contribution < -0.4 is 5.73 Å². The van der Waals surface area contributed by atoms with E-state index in [0.717, 1.165) is 19.3 Å². The zero-order valence-corrected chi connectivity index (χ0v) is 12.9. The maximum absolute atomic E-state index is 12.4. The second-order valence-corrected chi connectivity index (χ2v) is 5.63. The fraction of sp³-hybridized carbons (Fsp3) is 0.867. The van der Waals surface area contributed by atoms with E-state index in [0.29, 0.717) is 26.1 Å². The summed E-state index contributed by atoms with van der Waals surface area (Å²) in [6, 6.07) is -0.0403. The third kappa shape index (κ3) is 4.78. The molecule has 1 amide bonds. The Balaban J connectivity index is 2.61. The molecular formula is C15H28N2O3. The van der Waals surface area contributed by atoms with E-state index in [1.807, 2.05) is 18.7 Å². The molecule has 0 aliphatic carbocycles. The zero-order chi connectivity index (χ0) is 15.1. The van der Waals surface area contributed by atoms with E-state index in [2.05, 4.69) is 0 Å². The van der Waals surface area contributed by atoms with Gasteiger partial charge >= 0.3 is 5.97 Å². The molecule has 1 saturated heterocycles. The number of hydrogen-bond donors (Lipinski definition) is 1. The second-order valence-electron chi connectivity index (χ2n) is 5.63. The fourth-order valence-electron chi connectivity index (χ4n) is 2.93. The van der Waals surface area contributed by atoms with Gasteiger partial charge in [0.15, 0.2) is 0 Å². The van der Waals surface area contributed by atoms with Crippen LogP contribution in [0.3, 0.4) is 0 Å². The lowest BCUT2D eigenvalue weighted by Crippen LogP contribution is -2.51. The summed E-state index contributed by atoms with van der Waals surface area (Å²) in [5.41, 5.74) is 6.04. The van der Waals surface area contributed by atoms with Crippen molar-refractivity contribution in [2.24, 2.45) is 17.6 Å². The van der Waals surface area contributed by atoms with Gasteiger partial charge in [-0.2, -0.15) is 0 Å². The van der Waals surface area contributed by atoms with Crippen molar-refractivity contribution in [3.63, 3.8) is 0 Å². The van der Waals surface area contributed by atoms with Crippen molar-refractivity contribution in [3.05, 3.63) is 0 Å². The van der Waals surface area contributed by atoms with Crippen molar-refractivity contribution in [2.45, 2.75) is 52.5 Å². The van der Waals surface area contributed by atoms with Gasteiger partial charge in [-0.05, 0) is 32.1 Å². The molecule has 0 saturated carbocycles. The number of piperidine rings is 1. The lowest BCUT2D eigenvalue weighted by molar-refractivity contribution is -0.146. The topological polar surface area (TPSA) is 72.6 Å². The van der Waals surface area contributed by atoms with Crippen LogP contribution in [0.15, 0.2) is 0 Å². The summed E-state index contributed by atoms with van der Waals surface area (Å²) >= 11 is 0. The lowest BCUT2D eigenvalue weighted by Gasteiger charge is -2.37. The SMILES string of the molecule is CCOC(=O)CC1CC(N)CN(C(=O)C(CC)CC)C1. The van der Waals surface area contributed by atoms with Crippen molar-refractivity contribution in [1.29, 1.82) is 0 Å². The Hall–Kier alpha value is -1.10. The monoisotopic (exact) mass is 284 g/mol. The molecule has 2 atom stereocenters. The third-order valence-corrected chi connectivity index (χ3v) is 3.98. The van der Waals surface area contributed by atoms with Gasteiger partial charge in [-0.25, -0.2) is 0 Å². The standard InChI is InChI=1S/C15H28N2O3/c1-4-12(5-2)15(19)17-9-11(7-13(16)10-17)8-14(18)20-6-3/h11-13H,4-10,16H2,1-3H3. The fourth-order valence-corrected chi connectivity index (χ4v) is 2.93. The Morgan fingerprint density at radius 1 is 1.25 bits per heavy atom. The molecule has 0 aromatic carbocycles. The Morgan fingerprint density at radius 3 is 2.45 bits per heavy atom. The molecule has 0 bridgehead atoms. The lowest BCUT2D eigenvalue weighted by atomic mass is 9.90. The van der Waals surface area contributed by atoms with Crippen molar-refractivity contribution in [3.8, 4) is 0 Å². The van der Waals surface area contributed by atoms with Crippen LogP contribution in [0.2, 0.25) is 0 Å². The van der Waals surface area contributed by atoms with Crippen molar-refractivity contribution >= 4 is 11.9 Å². The molecule has 5 heteroatoms. The minimum absolute atomic E-state index is 0.0403. The van der Waals surface area contributed by atoms with Crippen molar-refractivity contribution < 1.29 is 14.3 Å². The summed E-state index contributed by atoms with van der Waals surface area (Å²) in [7, 11) is 0. The molecular weight excluding hydrogens is 256 g/mol. The number of esters is 1. The predicted octanol–water partition coefficient (Wildman–Crippen LogP) is 1.55. The Labute approximate surface area is 121 Å². The van der Waals surface area contributed by atoms with Crippen LogP contribution >= 0.6 is 0 Å². The average molecular weight is 284 g/mol. The van der Waals surface area contributed by atoms with Crippen LogP contribution in [0.25, 0.3) is 0 Å². The maximum Gasteiger partial charge on any atom is 0.306 e. The highest BCUT2D eigenvalue weighted by Crippen LogP contribution is 2.22. The van der Waals surface area contributed by atoms with Gasteiger partial charge in [-0.15, -0.1) is 0 Å². The number of carbonyl (C=O) groups excluding carboxylic acids is 2. The van der Waals surface area contributed by atoms with Crippen LogP contribution in [0.5, 0.6) is 0 Å². The smallest absolute Gasteiger partial charge is 0.306 e. The summed E-state index contributed by atoms with van der Waals surface area (Å²) in [5, 5.41) is 0. The van der Waals surface area contributed by atoms with E-state index in [9.17, 15) is 9.59 Å². The quantitative estimate of drug-likeness (QED) is 0.751. The summed E-state index contributed by atoms with van der Waals surface area (Å²) in [6.07, 6.45) is 2.84. The highest BCUT2D eigenvalue weighted by atomic mass is 16.5. The number of likely N-dealkylation sites (tertiary alicyclic amines) is 1. The first kappa shape index (κ1) is 17.0. The first-order valence-electron chi connectivity index (χ1n) is 7.71. The normalized spacial score (nSPS) is 22.9. The van der Waals surface area contributed by atoms with Crippen LogP contribution in [0, 0.1) is 11.8 Å². The van der Waals surface area contributed by atoms with Gasteiger partial charge in [-0.1, -0.05) is 13.8 Å². The summed E-state index contributed by atoms with van der Waals surface area (Å²) in [4.78, 5) is 25.8. The molecule has 2 unspecified atom stereocenters.